The minimum atomic E-state index is -0.348. The summed E-state index contributed by atoms with van der Waals surface area (Å²) in [6.07, 6.45) is 0. The van der Waals surface area contributed by atoms with E-state index in [0.717, 1.165) is 0 Å². The van der Waals surface area contributed by atoms with Gasteiger partial charge in [0.25, 0.3) is 5.91 Å². The first-order valence-electron chi connectivity index (χ1n) is 7.46. The number of thiazole rings is 1. The maximum Gasteiger partial charge on any atom is 0.261 e. The number of benzene rings is 2. The van der Waals surface area contributed by atoms with Gasteiger partial charge >= 0.3 is 0 Å². The number of amides is 1. The van der Waals surface area contributed by atoms with E-state index in [9.17, 15) is 4.79 Å². The Hall–Kier alpha value is -2.28. The second-order valence-electron chi connectivity index (χ2n) is 5.18. The lowest BCUT2D eigenvalue weighted by atomic mass is 10.1. The molecule has 0 fully saturated rings. The Bertz CT molecular complexity index is 959. The molecule has 0 bridgehead atoms. The second kappa shape index (κ2) is 7.95. The molecule has 0 aliphatic carbocycles. The fraction of sp³-hybridized carbons (Fsp3) is 0.111. The molecule has 0 unspecified atom stereocenters. The Morgan fingerprint density at radius 1 is 1.12 bits per heavy atom. The van der Waals surface area contributed by atoms with Gasteiger partial charge in [0.15, 0.2) is 5.13 Å². The third kappa shape index (κ3) is 3.93. The Kier molecular flexibility index (Phi) is 5.66. The summed E-state index contributed by atoms with van der Waals surface area (Å²) in [5, 5.41) is 6.10. The number of halogens is 2. The highest BCUT2D eigenvalue weighted by Gasteiger charge is 2.16. The molecule has 2 aromatic carbocycles. The third-order valence-corrected chi connectivity index (χ3v) is 4.90. The Labute approximate surface area is 164 Å². The molecule has 5 nitrogen and oxygen atoms in total. The van der Waals surface area contributed by atoms with Crippen LogP contribution in [0.2, 0.25) is 10.0 Å². The van der Waals surface area contributed by atoms with Crippen LogP contribution in [-0.4, -0.2) is 25.1 Å². The number of carbonyl (C=O) groups is 1. The summed E-state index contributed by atoms with van der Waals surface area (Å²) in [7, 11) is 3.03. The molecule has 1 N–H and O–H groups in total. The Morgan fingerprint density at radius 3 is 2.65 bits per heavy atom. The summed E-state index contributed by atoms with van der Waals surface area (Å²) in [6, 6.07) is 10.1. The van der Waals surface area contributed by atoms with Crippen molar-refractivity contribution in [2.45, 2.75) is 0 Å². The van der Waals surface area contributed by atoms with Crippen molar-refractivity contribution in [3.63, 3.8) is 0 Å². The fourth-order valence-electron chi connectivity index (χ4n) is 2.30. The van der Waals surface area contributed by atoms with Gasteiger partial charge in [-0.15, -0.1) is 11.3 Å². The van der Waals surface area contributed by atoms with E-state index in [4.69, 9.17) is 32.7 Å². The van der Waals surface area contributed by atoms with Crippen LogP contribution in [0.5, 0.6) is 11.5 Å². The van der Waals surface area contributed by atoms with Gasteiger partial charge in [0.05, 0.1) is 30.5 Å². The smallest absolute Gasteiger partial charge is 0.261 e. The first kappa shape index (κ1) is 18.5. The minimum absolute atomic E-state index is 0.348. The van der Waals surface area contributed by atoms with E-state index in [1.54, 1.807) is 41.8 Å². The number of carbonyl (C=O) groups excluding carboxylic acids is 1. The van der Waals surface area contributed by atoms with Gasteiger partial charge in [-0.25, -0.2) is 4.98 Å². The van der Waals surface area contributed by atoms with Gasteiger partial charge in [-0.3, -0.25) is 10.1 Å². The molecule has 0 saturated carbocycles. The van der Waals surface area contributed by atoms with Crippen LogP contribution in [-0.2, 0) is 0 Å². The number of hydrogen-bond donors (Lipinski definition) is 1. The van der Waals surface area contributed by atoms with E-state index in [0.29, 0.717) is 43.5 Å². The van der Waals surface area contributed by atoms with Crippen molar-refractivity contribution in [3.05, 3.63) is 57.4 Å². The summed E-state index contributed by atoms with van der Waals surface area (Å²) < 4.78 is 10.4. The highest BCUT2D eigenvalue weighted by molar-refractivity contribution is 7.14. The lowest BCUT2D eigenvalue weighted by Gasteiger charge is -2.09. The summed E-state index contributed by atoms with van der Waals surface area (Å²) in [5.41, 5.74) is 1.69. The zero-order chi connectivity index (χ0) is 18.7. The molecule has 0 saturated heterocycles. The molecule has 3 rings (SSSR count). The summed E-state index contributed by atoms with van der Waals surface area (Å²) >= 11 is 13.5. The number of anilines is 1. The number of rotatable bonds is 5. The van der Waals surface area contributed by atoms with Crippen LogP contribution in [0.1, 0.15) is 10.4 Å². The summed E-state index contributed by atoms with van der Waals surface area (Å²) in [5.74, 6) is 0.651. The molecule has 1 amide bonds. The van der Waals surface area contributed by atoms with Crippen LogP contribution in [0.15, 0.2) is 41.8 Å². The van der Waals surface area contributed by atoms with Crippen LogP contribution >= 0.6 is 34.5 Å². The molecule has 134 valence electrons. The van der Waals surface area contributed by atoms with Gasteiger partial charge in [0.2, 0.25) is 0 Å². The standard InChI is InChI=1S/C18H14Cl2N2O3S/c1-24-11-4-6-16(25-2)13(8-11)17(23)22-18-21-15(9-26-18)12-7-10(19)3-5-14(12)20/h3-9H,1-2H3,(H,21,22,23). The van der Waals surface area contributed by atoms with Gasteiger partial charge in [0.1, 0.15) is 11.5 Å². The van der Waals surface area contributed by atoms with Gasteiger partial charge in [0, 0.05) is 16.0 Å². The van der Waals surface area contributed by atoms with E-state index in [2.05, 4.69) is 10.3 Å². The average Bonchev–Trinajstić information content (AvgIpc) is 3.11. The van der Waals surface area contributed by atoms with Crippen LogP contribution in [0.25, 0.3) is 11.3 Å². The van der Waals surface area contributed by atoms with E-state index in [1.165, 1.54) is 25.6 Å². The molecule has 3 aromatic rings. The largest absolute Gasteiger partial charge is 0.497 e. The van der Waals surface area contributed by atoms with Gasteiger partial charge < -0.3 is 9.47 Å². The highest BCUT2D eigenvalue weighted by atomic mass is 35.5. The van der Waals surface area contributed by atoms with Crippen molar-refractivity contribution in [2.75, 3.05) is 19.5 Å². The zero-order valence-corrected chi connectivity index (χ0v) is 16.2. The number of aromatic nitrogens is 1. The molecule has 0 aliphatic heterocycles. The molecule has 1 heterocycles. The SMILES string of the molecule is COc1ccc(OC)c(C(=O)Nc2nc(-c3cc(Cl)ccc3Cl)cs2)c1. The Balaban J connectivity index is 1.85. The average molecular weight is 409 g/mol. The van der Waals surface area contributed by atoms with Gasteiger partial charge in [-0.05, 0) is 36.4 Å². The third-order valence-electron chi connectivity index (χ3n) is 3.58. The summed E-state index contributed by atoms with van der Waals surface area (Å²) in [4.78, 5) is 17.0. The highest BCUT2D eigenvalue weighted by Crippen LogP contribution is 2.33. The lowest BCUT2D eigenvalue weighted by molar-refractivity contribution is 0.102. The van der Waals surface area contributed by atoms with Crippen molar-refractivity contribution in [2.24, 2.45) is 0 Å². The van der Waals surface area contributed by atoms with E-state index < -0.39 is 0 Å². The molecule has 0 aliphatic rings. The van der Waals surface area contributed by atoms with Gasteiger partial charge in [-0.2, -0.15) is 0 Å². The fourth-order valence-corrected chi connectivity index (χ4v) is 3.40. The van der Waals surface area contributed by atoms with Crippen molar-refractivity contribution in [1.29, 1.82) is 0 Å². The molecule has 8 heteroatoms. The van der Waals surface area contributed by atoms with E-state index in [-0.39, 0.29) is 5.91 Å². The second-order valence-corrected chi connectivity index (χ2v) is 6.88. The van der Waals surface area contributed by atoms with Crippen molar-refractivity contribution in [3.8, 4) is 22.8 Å². The van der Waals surface area contributed by atoms with Crippen LogP contribution in [0, 0.1) is 0 Å². The molecule has 0 radical (unpaired) electrons. The van der Waals surface area contributed by atoms with Crippen LogP contribution < -0.4 is 14.8 Å². The van der Waals surface area contributed by atoms with Crippen molar-refractivity contribution in [1.82, 2.24) is 4.98 Å². The Morgan fingerprint density at radius 2 is 1.92 bits per heavy atom. The first-order valence-corrected chi connectivity index (χ1v) is 9.09. The van der Waals surface area contributed by atoms with Crippen molar-refractivity contribution < 1.29 is 14.3 Å². The molecular formula is C18H14Cl2N2O3S. The van der Waals surface area contributed by atoms with E-state index >= 15 is 0 Å². The molecule has 0 spiro atoms. The number of ether oxygens (including phenoxy) is 2. The normalized spacial score (nSPS) is 10.5. The topological polar surface area (TPSA) is 60.5 Å². The van der Waals surface area contributed by atoms with Crippen LogP contribution in [0.4, 0.5) is 5.13 Å². The molecular weight excluding hydrogens is 395 g/mol. The molecule has 0 atom stereocenters. The summed E-state index contributed by atoms with van der Waals surface area (Å²) in [6.45, 7) is 0. The maximum absolute atomic E-state index is 12.6. The minimum Gasteiger partial charge on any atom is -0.497 e. The number of nitrogens with zero attached hydrogens (tertiary/aromatic N) is 1. The van der Waals surface area contributed by atoms with Crippen LogP contribution in [0.3, 0.4) is 0 Å². The monoisotopic (exact) mass is 408 g/mol. The first-order chi connectivity index (χ1) is 12.5. The molecule has 1 aromatic heterocycles. The quantitative estimate of drug-likeness (QED) is 0.614. The van der Waals surface area contributed by atoms with Gasteiger partial charge in [-0.1, -0.05) is 23.2 Å². The molecule has 26 heavy (non-hydrogen) atoms. The lowest BCUT2D eigenvalue weighted by Crippen LogP contribution is -2.13. The maximum atomic E-state index is 12.6. The van der Waals surface area contributed by atoms with E-state index in [1.807, 2.05) is 0 Å². The zero-order valence-electron chi connectivity index (χ0n) is 13.9. The number of methoxy groups -OCH3 is 2. The predicted molar refractivity (Wildman–Crippen MR) is 105 cm³/mol. The predicted octanol–water partition coefficient (Wildman–Crippen LogP) is 5.39. The number of nitrogens with one attached hydrogen (secondary N) is 1. The van der Waals surface area contributed by atoms with Crippen molar-refractivity contribution >= 4 is 45.6 Å². The number of hydrogen-bond acceptors (Lipinski definition) is 5.